The van der Waals surface area contributed by atoms with Crippen LogP contribution < -0.4 is 0 Å². The summed E-state index contributed by atoms with van der Waals surface area (Å²) in [6.45, 7) is 2.36. The van der Waals surface area contributed by atoms with Crippen LogP contribution in [-0.4, -0.2) is 14.7 Å². The first-order chi connectivity index (χ1) is 8.56. The summed E-state index contributed by atoms with van der Waals surface area (Å²) < 4.78 is 1.72. The van der Waals surface area contributed by atoms with Gasteiger partial charge in [-0.2, -0.15) is 5.10 Å². The van der Waals surface area contributed by atoms with Gasteiger partial charge in [-0.05, 0) is 12.5 Å². The highest BCUT2D eigenvalue weighted by Gasteiger charge is 2.08. The summed E-state index contributed by atoms with van der Waals surface area (Å²) in [5.74, 6) is 0. The SMILES string of the molecule is CC(Cl)c1cnn(Cc2cccc([N+](=O)[O-])c2)c1. The van der Waals surface area contributed by atoms with Gasteiger partial charge in [0.2, 0.25) is 0 Å². The average Bonchev–Trinajstić information content (AvgIpc) is 2.78. The molecule has 0 saturated carbocycles. The smallest absolute Gasteiger partial charge is 0.268 e. The summed E-state index contributed by atoms with van der Waals surface area (Å²) in [4.78, 5) is 10.3. The zero-order valence-electron chi connectivity index (χ0n) is 9.78. The lowest BCUT2D eigenvalue weighted by Crippen LogP contribution is -2.00. The van der Waals surface area contributed by atoms with Crippen LogP contribution in [0.3, 0.4) is 0 Å². The number of rotatable bonds is 4. The zero-order chi connectivity index (χ0) is 13.1. The number of non-ortho nitro benzene ring substituents is 1. The van der Waals surface area contributed by atoms with Gasteiger partial charge >= 0.3 is 0 Å². The second-order valence-electron chi connectivity index (χ2n) is 4.01. The summed E-state index contributed by atoms with van der Waals surface area (Å²) in [5.41, 5.74) is 1.86. The highest BCUT2D eigenvalue weighted by atomic mass is 35.5. The van der Waals surface area contributed by atoms with E-state index in [0.717, 1.165) is 11.1 Å². The Morgan fingerprint density at radius 1 is 1.56 bits per heavy atom. The Balaban J connectivity index is 2.17. The van der Waals surface area contributed by atoms with Crippen molar-refractivity contribution < 1.29 is 4.92 Å². The van der Waals surface area contributed by atoms with Crippen LogP contribution in [0.15, 0.2) is 36.7 Å². The zero-order valence-corrected chi connectivity index (χ0v) is 10.5. The molecule has 1 atom stereocenters. The molecule has 0 aliphatic heterocycles. The first-order valence-electron chi connectivity index (χ1n) is 5.46. The molecule has 0 fully saturated rings. The van der Waals surface area contributed by atoms with Crippen molar-refractivity contribution in [2.24, 2.45) is 0 Å². The fourth-order valence-electron chi connectivity index (χ4n) is 1.63. The van der Waals surface area contributed by atoms with E-state index in [2.05, 4.69) is 5.10 Å². The van der Waals surface area contributed by atoms with E-state index in [1.54, 1.807) is 23.0 Å². The fourth-order valence-corrected chi connectivity index (χ4v) is 1.74. The first-order valence-corrected chi connectivity index (χ1v) is 5.89. The van der Waals surface area contributed by atoms with Crippen molar-refractivity contribution >= 4 is 17.3 Å². The molecule has 2 aromatic rings. The van der Waals surface area contributed by atoms with E-state index in [1.165, 1.54) is 6.07 Å². The number of aromatic nitrogens is 2. The number of hydrogen-bond acceptors (Lipinski definition) is 3. The third-order valence-corrected chi connectivity index (χ3v) is 2.83. The summed E-state index contributed by atoms with van der Waals surface area (Å²) in [6, 6.07) is 6.52. The van der Waals surface area contributed by atoms with Crippen LogP contribution in [0.25, 0.3) is 0 Å². The third-order valence-electron chi connectivity index (χ3n) is 2.58. The first kappa shape index (κ1) is 12.6. The maximum atomic E-state index is 10.7. The van der Waals surface area contributed by atoms with E-state index >= 15 is 0 Å². The Labute approximate surface area is 109 Å². The summed E-state index contributed by atoms with van der Waals surface area (Å²) in [5, 5.41) is 14.7. The molecule has 0 aliphatic carbocycles. The molecule has 1 aromatic heterocycles. The van der Waals surface area contributed by atoms with Gasteiger partial charge in [-0.1, -0.05) is 12.1 Å². The molecule has 0 spiro atoms. The van der Waals surface area contributed by atoms with Crippen molar-refractivity contribution in [1.82, 2.24) is 9.78 Å². The molecule has 94 valence electrons. The lowest BCUT2D eigenvalue weighted by Gasteiger charge is -2.02. The van der Waals surface area contributed by atoms with Crippen LogP contribution in [0, 0.1) is 10.1 Å². The fraction of sp³-hybridized carbons (Fsp3) is 0.250. The molecule has 18 heavy (non-hydrogen) atoms. The minimum atomic E-state index is -0.404. The lowest BCUT2D eigenvalue weighted by molar-refractivity contribution is -0.384. The molecule has 0 aliphatic rings. The molecule has 0 saturated heterocycles. The Bertz CT molecular complexity index is 566. The maximum Gasteiger partial charge on any atom is 0.269 e. The molecule has 6 heteroatoms. The second kappa shape index (κ2) is 5.18. The predicted octanol–water partition coefficient (Wildman–Crippen LogP) is 3.14. The number of nitro benzene ring substituents is 1. The van der Waals surface area contributed by atoms with Gasteiger partial charge in [0, 0.05) is 23.9 Å². The van der Waals surface area contributed by atoms with Crippen molar-refractivity contribution in [3.8, 4) is 0 Å². The number of hydrogen-bond donors (Lipinski definition) is 0. The minimum Gasteiger partial charge on any atom is -0.268 e. The standard InChI is InChI=1S/C12H12ClN3O2/c1-9(13)11-6-14-15(8-11)7-10-3-2-4-12(5-10)16(17)18/h2-6,8-9H,7H2,1H3. The second-order valence-corrected chi connectivity index (χ2v) is 4.67. The van der Waals surface area contributed by atoms with E-state index in [0.29, 0.717) is 6.54 Å². The number of halogens is 1. The molecule has 0 radical (unpaired) electrons. The van der Waals surface area contributed by atoms with E-state index in [4.69, 9.17) is 11.6 Å². The van der Waals surface area contributed by atoms with Crippen molar-refractivity contribution in [2.75, 3.05) is 0 Å². The van der Waals surface area contributed by atoms with Gasteiger partial charge in [0.05, 0.1) is 23.0 Å². The minimum absolute atomic E-state index is 0.0885. The molecule has 1 aromatic carbocycles. The molecule has 2 rings (SSSR count). The number of alkyl halides is 1. The molecule has 0 bridgehead atoms. The lowest BCUT2D eigenvalue weighted by atomic mass is 10.2. The summed E-state index contributed by atoms with van der Waals surface area (Å²) in [7, 11) is 0. The molecule has 1 unspecified atom stereocenters. The molecule has 5 nitrogen and oxygen atoms in total. The Kier molecular flexibility index (Phi) is 3.62. The van der Waals surface area contributed by atoms with Crippen LogP contribution >= 0.6 is 11.6 Å². The van der Waals surface area contributed by atoms with Gasteiger partial charge in [-0.3, -0.25) is 14.8 Å². The summed E-state index contributed by atoms with van der Waals surface area (Å²) in [6.07, 6.45) is 3.55. The molecule has 1 heterocycles. The van der Waals surface area contributed by atoms with Gasteiger partial charge in [0.1, 0.15) is 0 Å². The summed E-state index contributed by atoms with van der Waals surface area (Å²) >= 11 is 5.94. The van der Waals surface area contributed by atoms with E-state index in [9.17, 15) is 10.1 Å². The normalized spacial score (nSPS) is 12.3. The van der Waals surface area contributed by atoms with Crippen molar-refractivity contribution in [2.45, 2.75) is 18.8 Å². The van der Waals surface area contributed by atoms with Crippen LogP contribution in [0.2, 0.25) is 0 Å². The number of benzene rings is 1. The van der Waals surface area contributed by atoms with Crippen LogP contribution in [0.5, 0.6) is 0 Å². The van der Waals surface area contributed by atoms with Gasteiger partial charge in [0.25, 0.3) is 5.69 Å². The van der Waals surface area contributed by atoms with Gasteiger partial charge in [-0.25, -0.2) is 0 Å². The molecule has 0 amide bonds. The number of nitrogens with zero attached hydrogens (tertiary/aromatic N) is 3. The highest BCUT2D eigenvalue weighted by molar-refractivity contribution is 6.20. The average molecular weight is 266 g/mol. The van der Waals surface area contributed by atoms with Gasteiger partial charge < -0.3 is 0 Å². The van der Waals surface area contributed by atoms with Crippen molar-refractivity contribution in [3.05, 3.63) is 57.9 Å². The van der Waals surface area contributed by atoms with Crippen molar-refractivity contribution in [1.29, 1.82) is 0 Å². The quantitative estimate of drug-likeness (QED) is 0.485. The monoisotopic (exact) mass is 265 g/mol. The van der Waals surface area contributed by atoms with E-state index in [-0.39, 0.29) is 11.1 Å². The van der Waals surface area contributed by atoms with Gasteiger partial charge in [0.15, 0.2) is 0 Å². The highest BCUT2D eigenvalue weighted by Crippen LogP contribution is 2.19. The van der Waals surface area contributed by atoms with Crippen molar-refractivity contribution in [3.63, 3.8) is 0 Å². The molecular weight excluding hydrogens is 254 g/mol. The topological polar surface area (TPSA) is 61.0 Å². The van der Waals surface area contributed by atoms with Crippen LogP contribution in [0.4, 0.5) is 5.69 Å². The third kappa shape index (κ3) is 2.87. The maximum absolute atomic E-state index is 10.7. The van der Waals surface area contributed by atoms with Gasteiger partial charge in [-0.15, -0.1) is 11.6 Å². The Hall–Kier alpha value is -1.88. The number of nitro groups is 1. The Morgan fingerprint density at radius 3 is 2.94 bits per heavy atom. The molecular formula is C12H12ClN3O2. The van der Waals surface area contributed by atoms with Crippen LogP contribution in [0.1, 0.15) is 23.4 Å². The van der Waals surface area contributed by atoms with Crippen LogP contribution in [-0.2, 0) is 6.54 Å². The van der Waals surface area contributed by atoms with E-state index in [1.807, 2.05) is 19.2 Å². The molecule has 0 N–H and O–H groups in total. The predicted molar refractivity (Wildman–Crippen MR) is 68.7 cm³/mol. The van der Waals surface area contributed by atoms with E-state index < -0.39 is 4.92 Å². The Morgan fingerprint density at radius 2 is 2.33 bits per heavy atom. The largest absolute Gasteiger partial charge is 0.269 e.